The van der Waals surface area contributed by atoms with E-state index in [4.69, 9.17) is 19.0 Å². The van der Waals surface area contributed by atoms with Crippen molar-refractivity contribution in [2.24, 2.45) is 29.1 Å². The summed E-state index contributed by atoms with van der Waals surface area (Å²) in [6, 6.07) is 5.39. The number of methoxy groups -OCH3 is 2. The van der Waals surface area contributed by atoms with Gasteiger partial charge in [0.05, 0.1) is 54.2 Å². The molecule has 0 saturated carbocycles. The third kappa shape index (κ3) is 15.1. The lowest BCUT2D eigenvalue weighted by Crippen LogP contribution is -2.60. The van der Waals surface area contributed by atoms with Crippen molar-refractivity contribution < 1.29 is 62.5 Å². The van der Waals surface area contributed by atoms with Crippen LogP contribution in [-0.4, -0.2) is 156 Å². The SMILES string of the molecule is CC[C@H](C)[C@@H](C(CC(=O)N1CCC[C@H]1[C@H](OC)[C@@H](C)C(=O)N[C@H](C)[C@@H](O)c1ccccc1)OC)N(C)C(=O)[C@@H](NC(=O)[C@H](C(C)C)N(C)C(=O)O[C@H]1/C=C/CC[C@@](C)(C(=O)ON2C(=O)CCC2=O)CC1)C(C)C. The summed E-state index contributed by atoms with van der Waals surface area (Å²) in [7, 11) is 6.13. The molecule has 2 fully saturated rings. The van der Waals surface area contributed by atoms with Gasteiger partial charge in [-0.15, -0.1) is 5.06 Å². The van der Waals surface area contributed by atoms with Crippen LogP contribution in [0.5, 0.6) is 0 Å². The second kappa shape index (κ2) is 27.2. The van der Waals surface area contributed by atoms with Crippen molar-refractivity contribution in [2.45, 2.75) is 181 Å². The molecule has 1 aliphatic carbocycles. The molecule has 73 heavy (non-hydrogen) atoms. The van der Waals surface area contributed by atoms with E-state index in [1.165, 1.54) is 26.2 Å². The van der Waals surface area contributed by atoms with Gasteiger partial charge in [0, 0.05) is 47.7 Å². The lowest BCUT2D eigenvalue weighted by molar-refractivity contribution is -0.205. The maximum Gasteiger partial charge on any atom is 0.410 e. The van der Waals surface area contributed by atoms with Crippen molar-refractivity contribution in [1.29, 1.82) is 0 Å². The van der Waals surface area contributed by atoms with E-state index in [9.17, 15) is 43.5 Å². The number of amides is 7. The van der Waals surface area contributed by atoms with E-state index in [2.05, 4.69) is 10.6 Å². The highest BCUT2D eigenvalue weighted by Gasteiger charge is 2.45. The number of likely N-dealkylation sites (N-methyl/N-ethyl adjacent to an activating group) is 2. The number of carbonyl (C=O) groups is 8. The van der Waals surface area contributed by atoms with Crippen molar-refractivity contribution >= 4 is 47.5 Å². The third-order valence-electron chi connectivity index (χ3n) is 15.2. The van der Waals surface area contributed by atoms with E-state index in [1.807, 2.05) is 45.9 Å². The second-order valence-corrected chi connectivity index (χ2v) is 21.2. The van der Waals surface area contributed by atoms with Gasteiger partial charge in [-0.3, -0.25) is 33.7 Å². The topological polar surface area (TPSA) is 231 Å². The molecule has 2 heterocycles. The number of likely N-dealkylation sites (tertiary alicyclic amines) is 1. The normalized spacial score (nSPS) is 23.5. The van der Waals surface area contributed by atoms with Gasteiger partial charge in [-0.05, 0) is 81.8 Å². The Bertz CT molecular complexity index is 2090. The number of benzene rings is 1. The first-order valence-electron chi connectivity index (χ1n) is 26.1. The number of nitrogens with one attached hydrogen (secondary N) is 2. The van der Waals surface area contributed by atoms with Crippen molar-refractivity contribution in [3.05, 3.63) is 48.0 Å². The zero-order valence-electron chi connectivity index (χ0n) is 45.5. The lowest BCUT2D eigenvalue weighted by Gasteiger charge is -2.41. The summed E-state index contributed by atoms with van der Waals surface area (Å²) < 4.78 is 17.9. The van der Waals surface area contributed by atoms with E-state index in [-0.39, 0.29) is 49.8 Å². The maximum absolute atomic E-state index is 14.7. The quantitative estimate of drug-likeness (QED) is 0.0911. The molecule has 0 spiro atoms. The van der Waals surface area contributed by atoms with Crippen LogP contribution in [0.4, 0.5) is 4.79 Å². The number of nitrogens with zero attached hydrogens (tertiary/aromatic N) is 4. The van der Waals surface area contributed by atoms with Crippen LogP contribution >= 0.6 is 0 Å². The first-order valence-corrected chi connectivity index (χ1v) is 26.1. The zero-order valence-corrected chi connectivity index (χ0v) is 45.5. The minimum absolute atomic E-state index is 0.0256. The van der Waals surface area contributed by atoms with Gasteiger partial charge >= 0.3 is 12.1 Å². The fourth-order valence-electron chi connectivity index (χ4n) is 10.4. The molecule has 4 rings (SSSR count). The van der Waals surface area contributed by atoms with Gasteiger partial charge < -0.3 is 44.6 Å². The van der Waals surface area contributed by atoms with Gasteiger partial charge in [-0.2, -0.15) is 0 Å². The Morgan fingerprint density at radius 2 is 1.49 bits per heavy atom. The number of hydroxylamine groups is 2. The largest absolute Gasteiger partial charge is 0.442 e. The summed E-state index contributed by atoms with van der Waals surface area (Å²) in [5.74, 6) is -5.00. The Morgan fingerprint density at radius 1 is 0.849 bits per heavy atom. The van der Waals surface area contributed by atoms with Gasteiger partial charge in [0.25, 0.3) is 11.8 Å². The number of allylic oxidation sites excluding steroid dienone is 1. The molecule has 1 unspecified atom stereocenters. The van der Waals surface area contributed by atoms with Crippen molar-refractivity contribution in [3.63, 3.8) is 0 Å². The number of hydrogen-bond donors (Lipinski definition) is 3. The lowest BCUT2D eigenvalue weighted by atomic mass is 9.79. The van der Waals surface area contributed by atoms with Crippen LogP contribution in [0.1, 0.15) is 138 Å². The molecule has 1 aromatic rings. The number of hydrogen-bond acceptors (Lipinski definition) is 13. The molecule has 0 aromatic heterocycles. The maximum atomic E-state index is 14.7. The molecule has 2 aliphatic heterocycles. The summed E-state index contributed by atoms with van der Waals surface area (Å²) in [5, 5.41) is 17.3. The van der Waals surface area contributed by atoms with Gasteiger partial charge in [-0.25, -0.2) is 9.59 Å². The van der Waals surface area contributed by atoms with Gasteiger partial charge in [0.2, 0.25) is 23.6 Å². The molecular formula is C54H84N6O13. The monoisotopic (exact) mass is 1020 g/mol. The predicted molar refractivity (Wildman–Crippen MR) is 271 cm³/mol. The van der Waals surface area contributed by atoms with Crippen molar-refractivity contribution in [3.8, 4) is 0 Å². The van der Waals surface area contributed by atoms with Crippen LogP contribution < -0.4 is 10.6 Å². The number of aliphatic hydroxyl groups is 1. The van der Waals surface area contributed by atoms with Crippen LogP contribution in [0.15, 0.2) is 42.5 Å². The summed E-state index contributed by atoms with van der Waals surface area (Å²) in [6.45, 7) is 16.8. The average Bonchev–Trinajstić information content (AvgIpc) is 3.97. The molecule has 1 aromatic carbocycles. The molecular weight excluding hydrogens is 941 g/mol. The molecule has 12 atom stereocenters. The second-order valence-electron chi connectivity index (χ2n) is 21.2. The number of imide groups is 1. The summed E-state index contributed by atoms with van der Waals surface area (Å²) in [5.41, 5.74) is -0.403. The summed E-state index contributed by atoms with van der Waals surface area (Å²) >= 11 is 0. The third-order valence-corrected chi connectivity index (χ3v) is 15.2. The first kappa shape index (κ1) is 60.2. The highest BCUT2D eigenvalue weighted by Crippen LogP contribution is 2.36. The fourth-order valence-corrected chi connectivity index (χ4v) is 10.4. The highest BCUT2D eigenvalue weighted by atomic mass is 16.7. The predicted octanol–water partition coefficient (Wildman–Crippen LogP) is 5.49. The average molecular weight is 1030 g/mol. The van der Waals surface area contributed by atoms with Crippen LogP contribution in [0.3, 0.4) is 0 Å². The molecule has 0 radical (unpaired) electrons. The van der Waals surface area contributed by atoms with Gasteiger partial charge in [0.15, 0.2) is 0 Å². The van der Waals surface area contributed by atoms with Gasteiger partial charge in [-0.1, -0.05) is 91.3 Å². The first-order chi connectivity index (χ1) is 34.4. The molecule has 3 N–H and O–H groups in total. The Morgan fingerprint density at radius 3 is 2.07 bits per heavy atom. The fraction of sp³-hybridized carbons (Fsp3) is 0.704. The highest BCUT2D eigenvalue weighted by molar-refractivity contribution is 6.01. The van der Waals surface area contributed by atoms with Crippen molar-refractivity contribution in [2.75, 3.05) is 34.9 Å². The number of aliphatic hydroxyl groups excluding tert-OH is 1. The molecule has 3 aliphatic rings. The van der Waals surface area contributed by atoms with E-state index in [0.717, 1.165) is 0 Å². The summed E-state index contributed by atoms with van der Waals surface area (Å²) in [4.78, 5) is 118. The minimum atomic E-state index is -1.08. The Balaban J connectivity index is 1.43. The van der Waals surface area contributed by atoms with E-state index >= 15 is 0 Å². The molecule has 408 valence electrons. The molecule has 19 heteroatoms. The van der Waals surface area contributed by atoms with Crippen LogP contribution in [0, 0.1) is 29.1 Å². The van der Waals surface area contributed by atoms with E-state index in [0.29, 0.717) is 49.3 Å². The minimum Gasteiger partial charge on any atom is -0.442 e. The van der Waals surface area contributed by atoms with Gasteiger partial charge in [0.1, 0.15) is 18.2 Å². The Kier molecular flexibility index (Phi) is 22.4. The van der Waals surface area contributed by atoms with Crippen LogP contribution in [0.2, 0.25) is 0 Å². The zero-order chi connectivity index (χ0) is 54.5. The molecule has 2 saturated heterocycles. The molecule has 7 amide bonds. The molecule has 0 bridgehead atoms. The van der Waals surface area contributed by atoms with Crippen LogP contribution in [0.25, 0.3) is 0 Å². The van der Waals surface area contributed by atoms with E-state index < -0.39 is 113 Å². The smallest absolute Gasteiger partial charge is 0.410 e. The molecule has 19 nitrogen and oxygen atoms in total. The number of rotatable bonds is 23. The number of ether oxygens (including phenoxy) is 3. The Hall–Kier alpha value is -5.40. The Labute approximate surface area is 432 Å². The van der Waals surface area contributed by atoms with Crippen molar-refractivity contribution in [1.82, 2.24) is 30.4 Å². The van der Waals surface area contributed by atoms with E-state index in [1.54, 1.807) is 75.8 Å². The standard InChI is InChI=1S/C54H84N6O13/c1-14-34(6)46(40(70-12)31-43(63)59-30-20-24-39(59)48(71-13)35(7)49(65)55-36(8)47(64)37-21-16-15-17-22-37)57(10)51(67)44(32(2)3)56-50(66)45(33(4)5)58(11)53(69)72-38-23-18-19-28-54(9,29-27-38)52(68)73-60-41(61)25-26-42(60)62/h15-18,21-23,32-36,38-40,44-48,64H,14,19-20,24-31H2,1-13H3,(H,55,65)(H,56,66)/b23-18+/t34-,35+,36+,38-,39-,40?,44-,45-,46-,47+,48+,54+/m0/s1. The summed E-state index contributed by atoms with van der Waals surface area (Å²) in [6.07, 6.45) is 2.71. The van der Waals surface area contributed by atoms with Crippen LogP contribution in [-0.2, 0) is 52.6 Å². The number of carbonyl (C=O) groups excluding carboxylic acids is 8.